The standard InChI is InChI=1S/C12H18NOP/c1-3-9(2)5-4-6-10-7-8-11(15-10)12(13)14/h3,7-8,15H,4-6H2,1-2H3,(H2,13,14)/b9-3+. The Morgan fingerprint density at radius 3 is 2.80 bits per heavy atom. The molecule has 82 valence electrons. The fraction of sp³-hybridized carbons (Fsp3) is 0.417. The normalized spacial score (nSPS) is 12.3. The lowest BCUT2D eigenvalue weighted by Crippen LogP contribution is -2.07. The number of hydrogen-bond acceptors (Lipinski definition) is 1. The second kappa shape index (κ2) is 5.77. The van der Waals surface area contributed by atoms with Crippen molar-refractivity contribution < 1.29 is 4.79 Å². The highest BCUT2D eigenvalue weighted by atomic mass is 31.0. The number of nitrogens with two attached hydrogens (primary N) is 1. The highest BCUT2D eigenvalue weighted by Crippen LogP contribution is 2.24. The van der Waals surface area contributed by atoms with Crippen LogP contribution >= 0.6 is 8.19 Å². The average Bonchev–Trinajstić information content (AvgIpc) is 2.66. The predicted octanol–water partition coefficient (Wildman–Crippen LogP) is 3.11. The minimum absolute atomic E-state index is 0.274. The molecule has 0 saturated heterocycles. The van der Waals surface area contributed by atoms with Crippen molar-refractivity contribution in [2.45, 2.75) is 33.1 Å². The lowest BCUT2D eigenvalue weighted by Gasteiger charge is -1.99. The molecule has 15 heavy (non-hydrogen) atoms. The molecule has 0 aliphatic carbocycles. The summed E-state index contributed by atoms with van der Waals surface area (Å²) in [6.07, 6.45) is 5.54. The Bertz CT molecular complexity index is 365. The van der Waals surface area contributed by atoms with Crippen molar-refractivity contribution in [2.75, 3.05) is 0 Å². The molecule has 0 bridgehead atoms. The maximum absolute atomic E-state index is 10.9. The quantitative estimate of drug-likeness (QED) is 0.766. The summed E-state index contributed by atoms with van der Waals surface area (Å²) in [5.74, 6) is -0.274. The van der Waals surface area contributed by atoms with Crippen LogP contribution in [-0.4, -0.2) is 5.91 Å². The molecule has 1 atom stereocenters. The first-order valence-corrected chi connectivity index (χ1v) is 6.23. The fourth-order valence-electron chi connectivity index (χ4n) is 1.43. The molecule has 1 unspecified atom stereocenters. The molecule has 0 spiro atoms. The topological polar surface area (TPSA) is 43.1 Å². The largest absolute Gasteiger partial charge is 0.365 e. The number of rotatable bonds is 5. The van der Waals surface area contributed by atoms with Gasteiger partial charge in [-0.3, -0.25) is 4.79 Å². The van der Waals surface area contributed by atoms with Crippen LogP contribution in [0.3, 0.4) is 0 Å². The van der Waals surface area contributed by atoms with Gasteiger partial charge in [-0.25, -0.2) is 0 Å². The molecule has 3 heteroatoms. The SMILES string of the molecule is C/C=C(\C)CCCc1ccc(C(N)=O)[pH]1. The lowest BCUT2D eigenvalue weighted by molar-refractivity contribution is 0.100. The van der Waals surface area contributed by atoms with Crippen LogP contribution in [0.15, 0.2) is 23.8 Å². The molecule has 1 amide bonds. The zero-order chi connectivity index (χ0) is 11.3. The number of amides is 1. The molecule has 2 N–H and O–H groups in total. The van der Waals surface area contributed by atoms with Gasteiger partial charge in [-0.05, 0) is 44.5 Å². The van der Waals surface area contributed by atoms with Crippen LogP contribution in [-0.2, 0) is 6.42 Å². The van der Waals surface area contributed by atoms with Crippen molar-refractivity contribution in [1.29, 1.82) is 0 Å². The number of allylic oxidation sites excluding steroid dienone is 2. The van der Waals surface area contributed by atoms with Crippen LogP contribution in [0.4, 0.5) is 0 Å². The van der Waals surface area contributed by atoms with Crippen molar-refractivity contribution in [1.82, 2.24) is 0 Å². The summed E-state index contributed by atoms with van der Waals surface area (Å²) in [7, 11) is 0.504. The Hall–Kier alpha value is -1.01. The van der Waals surface area contributed by atoms with E-state index in [-0.39, 0.29) is 5.91 Å². The molecule has 0 radical (unpaired) electrons. The summed E-state index contributed by atoms with van der Waals surface area (Å²) in [6, 6.07) is 3.90. The van der Waals surface area contributed by atoms with Crippen molar-refractivity contribution in [3.63, 3.8) is 0 Å². The molecule has 0 aliphatic rings. The second-order valence-corrected chi connectivity index (χ2v) is 5.18. The van der Waals surface area contributed by atoms with Gasteiger partial charge in [-0.2, -0.15) is 0 Å². The van der Waals surface area contributed by atoms with Crippen molar-refractivity contribution in [3.8, 4) is 0 Å². The first-order valence-electron chi connectivity index (χ1n) is 5.23. The number of hydrogen-bond donors (Lipinski definition) is 1. The third-order valence-electron chi connectivity index (χ3n) is 2.52. The van der Waals surface area contributed by atoms with Crippen molar-refractivity contribution in [2.24, 2.45) is 5.73 Å². The van der Waals surface area contributed by atoms with Gasteiger partial charge in [-0.15, -0.1) is 8.19 Å². The van der Waals surface area contributed by atoms with Crippen LogP contribution in [0, 0.1) is 0 Å². The number of carbonyl (C=O) groups is 1. The molecule has 1 aromatic heterocycles. The van der Waals surface area contributed by atoms with Gasteiger partial charge in [0.1, 0.15) is 0 Å². The molecule has 0 aliphatic heterocycles. The third kappa shape index (κ3) is 3.93. The molecular formula is C12H18NOP. The van der Waals surface area contributed by atoms with E-state index in [0.717, 1.165) is 24.6 Å². The second-order valence-electron chi connectivity index (χ2n) is 3.75. The van der Waals surface area contributed by atoms with Crippen molar-refractivity contribution >= 4 is 14.1 Å². The van der Waals surface area contributed by atoms with E-state index >= 15 is 0 Å². The molecule has 0 saturated carbocycles. The number of primary amides is 1. The van der Waals surface area contributed by atoms with Gasteiger partial charge in [0.2, 0.25) is 0 Å². The zero-order valence-corrected chi connectivity index (χ0v) is 10.3. The van der Waals surface area contributed by atoms with Gasteiger partial charge in [-0.1, -0.05) is 17.7 Å². The predicted molar refractivity (Wildman–Crippen MR) is 66.8 cm³/mol. The van der Waals surface area contributed by atoms with E-state index in [0.29, 0.717) is 8.19 Å². The first kappa shape index (κ1) is 12.1. The average molecular weight is 223 g/mol. The molecule has 1 heterocycles. The van der Waals surface area contributed by atoms with Crippen molar-refractivity contribution in [3.05, 3.63) is 34.4 Å². The molecule has 1 rings (SSSR count). The molecule has 0 aromatic carbocycles. The Morgan fingerprint density at radius 1 is 1.53 bits per heavy atom. The summed E-state index contributed by atoms with van der Waals surface area (Å²) < 4.78 is 0. The van der Waals surface area contributed by atoms with Crippen LogP contribution in [0.1, 0.15) is 42.1 Å². The molecule has 0 fully saturated rings. The molecule has 2 nitrogen and oxygen atoms in total. The van der Waals surface area contributed by atoms with E-state index < -0.39 is 0 Å². The van der Waals surface area contributed by atoms with Gasteiger partial charge in [0, 0.05) is 0 Å². The van der Waals surface area contributed by atoms with Crippen LogP contribution in [0.5, 0.6) is 0 Å². The van der Waals surface area contributed by atoms with E-state index in [4.69, 9.17) is 5.73 Å². The monoisotopic (exact) mass is 223 g/mol. The maximum atomic E-state index is 10.9. The minimum atomic E-state index is -0.274. The van der Waals surface area contributed by atoms with Crippen LogP contribution in [0.2, 0.25) is 0 Å². The van der Waals surface area contributed by atoms with Gasteiger partial charge in [0.25, 0.3) is 5.91 Å². The zero-order valence-electron chi connectivity index (χ0n) is 9.34. The van der Waals surface area contributed by atoms with Gasteiger partial charge >= 0.3 is 0 Å². The third-order valence-corrected chi connectivity index (χ3v) is 3.94. The number of aryl methyl sites for hydroxylation is 1. The summed E-state index contributed by atoms with van der Waals surface area (Å²) in [6.45, 7) is 4.22. The summed E-state index contributed by atoms with van der Waals surface area (Å²) >= 11 is 0. The van der Waals surface area contributed by atoms with E-state index in [2.05, 4.69) is 19.9 Å². The van der Waals surface area contributed by atoms with E-state index in [1.54, 1.807) is 0 Å². The Kier molecular flexibility index (Phi) is 4.64. The first-order chi connectivity index (χ1) is 7.13. The summed E-state index contributed by atoms with van der Waals surface area (Å²) in [5.41, 5.74) is 6.65. The summed E-state index contributed by atoms with van der Waals surface area (Å²) in [4.78, 5) is 10.9. The smallest absolute Gasteiger partial charge is 0.252 e. The Balaban J connectivity index is 2.41. The molecular weight excluding hydrogens is 205 g/mol. The van der Waals surface area contributed by atoms with E-state index in [1.807, 2.05) is 12.1 Å². The lowest BCUT2D eigenvalue weighted by atomic mass is 10.1. The van der Waals surface area contributed by atoms with E-state index in [1.165, 1.54) is 10.9 Å². The number of carbonyl (C=O) groups excluding carboxylic acids is 1. The summed E-state index contributed by atoms with van der Waals surface area (Å²) in [5, 5.41) is 2.13. The van der Waals surface area contributed by atoms with Gasteiger partial charge in [0.05, 0.1) is 5.30 Å². The minimum Gasteiger partial charge on any atom is -0.365 e. The van der Waals surface area contributed by atoms with Crippen LogP contribution < -0.4 is 5.73 Å². The highest BCUT2D eigenvalue weighted by Gasteiger charge is 2.03. The van der Waals surface area contributed by atoms with Gasteiger partial charge < -0.3 is 5.73 Å². The van der Waals surface area contributed by atoms with Crippen LogP contribution in [0.25, 0.3) is 0 Å². The Morgan fingerprint density at radius 2 is 2.27 bits per heavy atom. The Labute approximate surface area is 92.6 Å². The van der Waals surface area contributed by atoms with Gasteiger partial charge in [0.15, 0.2) is 0 Å². The fourth-order valence-corrected chi connectivity index (χ4v) is 2.54. The van der Waals surface area contributed by atoms with E-state index in [9.17, 15) is 4.79 Å². The maximum Gasteiger partial charge on any atom is 0.252 e. The molecule has 1 aromatic rings. The highest BCUT2D eigenvalue weighted by molar-refractivity contribution is 7.33.